The predicted octanol–water partition coefficient (Wildman–Crippen LogP) is 4.88. The van der Waals surface area contributed by atoms with E-state index in [4.69, 9.17) is 19.2 Å². The van der Waals surface area contributed by atoms with E-state index in [-0.39, 0.29) is 6.61 Å². The van der Waals surface area contributed by atoms with Crippen LogP contribution in [0.2, 0.25) is 0 Å². The van der Waals surface area contributed by atoms with E-state index in [0.29, 0.717) is 18.1 Å². The third-order valence-electron chi connectivity index (χ3n) is 8.52. The van der Waals surface area contributed by atoms with Gasteiger partial charge in [-0.2, -0.15) is 0 Å². The van der Waals surface area contributed by atoms with Crippen molar-refractivity contribution in [1.29, 1.82) is 0 Å². The molecule has 1 aliphatic heterocycles. The molecule has 1 aromatic carbocycles. The highest BCUT2D eigenvalue weighted by Gasteiger charge is 2.29. The second-order valence-electron chi connectivity index (χ2n) is 11.3. The van der Waals surface area contributed by atoms with Crippen molar-refractivity contribution in [3.8, 4) is 28.4 Å². The number of rotatable bonds is 11. The zero-order valence-corrected chi connectivity index (χ0v) is 23.9. The molecule has 0 spiro atoms. The molecular formula is C31H43N5O3. The van der Waals surface area contributed by atoms with E-state index in [1.165, 1.54) is 45.2 Å². The van der Waals surface area contributed by atoms with Crippen LogP contribution in [0.1, 0.15) is 61.2 Å². The van der Waals surface area contributed by atoms with Gasteiger partial charge in [0.1, 0.15) is 24.2 Å². The van der Waals surface area contributed by atoms with Crippen molar-refractivity contribution in [3.05, 3.63) is 47.0 Å². The van der Waals surface area contributed by atoms with Crippen molar-refractivity contribution in [3.63, 3.8) is 0 Å². The molecule has 1 aliphatic carbocycles. The topological polar surface area (TPSA) is 96.5 Å². The molecule has 5 rings (SSSR count). The van der Waals surface area contributed by atoms with Crippen molar-refractivity contribution >= 4 is 0 Å². The van der Waals surface area contributed by atoms with E-state index in [9.17, 15) is 5.11 Å². The van der Waals surface area contributed by atoms with Gasteiger partial charge in [0.05, 0.1) is 17.0 Å². The molecule has 0 amide bonds. The van der Waals surface area contributed by atoms with Crippen molar-refractivity contribution < 1.29 is 14.4 Å². The molecule has 1 atom stereocenters. The number of benzene rings is 1. The van der Waals surface area contributed by atoms with E-state index in [1.54, 1.807) is 0 Å². The molecule has 2 N–H and O–H groups in total. The number of aromatic nitrogens is 3. The van der Waals surface area contributed by atoms with Gasteiger partial charge in [0, 0.05) is 23.8 Å². The maximum Gasteiger partial charge on any atom is 0.160 e. The third-order valence-corrected chi connectivity index (χ3v) is 8.52. The van der Waals surface area contributed by atoms with Gasteiger partial charge in [0.15, 0.2) is 5.82 Å². The lowest BCUT2D eigenvalue weighted by Gasteiger charge is -2.41. The summed E-state index contributed by atoms with van der Waals surface area (Å²) in [6, 6.07) is 8.66. The molecule has 8 nitrogen and oxygen atoms in total. The first-order valence-corrected chi connectivity index (χ1v) is 14.5. The molecule has 2 aromatic heterocycles. The number of aliphatic hydroxyl groups is 1. The molecule has 210 valence electrons. The van der Waals surface area contributed by atoms with Gasteiger partial charge in [-0.25, -0.2) is 9.97 Å². The largest absolute Gasteiger partial charge is 0.491 e. The van der Waals surface area contributed by atoms with Gasteiger partial charge >= 0.3 is 0 Å². The Morgan fingerprint density at radius 2 is 1.92 bits per heavy atom. The van der Waals surface area contributed by atoms with Gasteiger partial charge in [-0.1, -0.05) is 23.7 Å². The average Bonchev–Trinajstić information content (AvgIpc) is 3.24. The van der Waals surface area contributed by atoms with Crippen LogP contribution in [0.4, 0.5) is 0 Å². The summed E-state index contributed by atoms with van der Waals surface area (Å²) in [6.07, 6.45) is 8.24. The minimum absolute atomic E-state index is 0.216. The molecule has 1 unspecified atom stereocenters. The number of piperidine rings is 1. The summed E-state index contributed by atoms with van der Waals surface area (Å²) in [4.78, 5) is 12.9. The normalized spacial score (nSPS) is 17.8. The maximum absolute atomic E-state index is 10.1. The lowest BCUT2D eigenvalue weighted by atomic mass is 9.86. The van der Waals surface area contributed by atoms with Crippen LogP contribution in [-0.4, -0.2) is 70.6 Å². The molecule has 39 heavy (non-hydrogen) atoms. The smallest absolute Gasteiger partial charge is 0.160 e. The van der Waals surface area contributed by atoms with Crippen LogP contribution in [0.5, 0.6) is 5.75 Å². The number of nitrogens with one attached hydrogen (secondary N) is 1. The third kappa shape index (κ3) is 6.51. The molecule has 0 bridgehead atoms. The molecule has 2 aliphatic rings. The molecule has 8 heteroatoms. The van der Waals surface area contributed by atoms with Crippen molar-refractivity contribution in [2.45, 2.75) is 77.9 Å². The minimum atomic E-state index is -0.576. The van der Waals surface area contributed by atoms with E-state index in [2.05, 4.69) is 22.3 Å². The second kappa shape index (κ2) is 12.6. The van der Waals surface area contributed by atoms with Crippen LogP contribution in [0.15, 0.2) is 28.8 Å². The Hall–Kier alpha value is -2.81. The van der Waals surface area contributed by atoms with E-state index < -0.39 is 6.10 Å². The fourth-order valence-corrected chi connectivity index (χ4v) is 5.91. The van der Waals surface area contributed by atoms with E-state index in [0.717, 1.165) is 64.3 Å². The summed E-state index contributed by atoms with van der Waals surface area (Å²) in [7, 11) is 1.81. The molecule has 1 saturated carbocycles. The SMILES string of the molecule is CNCC(O)COc1cccc(-c2nc(CCC3CCN(C4CCC4)CC3)c(C)c(-c3c(C)noc3C)n2)c1. The Labute approximate surface area is 232 Å². The minimum Gasteiger partial charge on any atom is -0.491 e. The Kier molecular flexibility index (Phi) is 8.95. The first kappa shape index (κ1) is 27.7. The molecule has 1 saturated heterocycles. The van der Waals surface area contributed by atoms with Crippen LogP contribution in [-0.2, 0) is 6.42 Å². The Balaban J connectivity index is 1.38. The highest BCUT2D eigenvalue weighted by atomic mass is 16.5. The summed E-state index contributed by atoms with van der Waals surface area (Å²) >= 11 is 0. The van der Waals surface area contributed by atoms with E-state index in [1.807, 2.05) is 45.2 Å². The number of likely N-dealkylation sites (tertiary alicyclic amines) is 1. The molecule has 3 aromatic rings. The Bertz CT molecular complexity index is 1230. The van der Waals surface area contributed by atoms with Crippen LogP contribution < -0.4 is 10.1 Å². The Morgan fingerprint density at radius 3 is 2.59 bits per heavy atom. The summed E-state index contributed by atoms with van der Waals surface area (Å²) < 4.78 is 11.4. The summed E-state index contributed by atoms with van der Waals surface area (Å²) in [5.74, 6) is 2.87. The maximum atomic E-state index is 10.1. The molecule has 0 radical (unpaired) electrons. The van der Waals surface area contributed by atoms with Gasteiger partial charge < -0.3 is 24.6 Å². The number of likely N-dealkylation sites (N-methyl/N-ethyl adjacent to an activating group) is 1. The average molecular weight is 534 g/mol. The van der Waals surface area contributed by atoms with Gasteiger partial charge in [-0.15, -0.1) is 0 Å². The standard InChI is InChI=1S/C31H43N5O3/c1-20-28(12-11-23-13-15-36(16-14-23)25-8-6-9-25)33-31(34-30(20)29-21(2)35-39-22(29)3)24-7-5-10-27(17-24)38-19-26(37)18-32-4/h5,7,10,17,23,25-26,32,37H,6,8-9,11-16,18-19H2,1-4H3. The van der Waals surface area contributed by atoms with E-state index >= 15 is 0 Å². The zero-order valence-electron chi connectivity index (χ0n) is 23.9. The number of hydrogen-bond acceptors (Lipinski definition) is 8. The Morgan fingerprint density at radius 1 is 1.13 bits per heavy atom. The zero-order chi connectivity index (χ0) is 27.4. The molecule has 3 heterocycles. The number of hydrogen-bond donors (Lipinski definition) is 2. The first-order valence-electron chi connectivity index (χ1n) is 14.5. The predicted molar refractivity (Wildman–Crippen MR) is 153 cm³/mol. The monoisotopic (exact) mass is 533 g/mol. The molecule has 2 fully saturated rings. The van der Waals surface area contributed by atoms with Crippen LogP contribution in [0.25, 0.3) is 22.6 Å². The summed E-state index contributed by atoms with van der Waals surface area (Å²) in [5.41, 5.74) is 5.76. The number of nitrogens with zero attached hydrogens (tertiary/aromatic N) is 4. The fraction of sp³-hybridized carbons (Fsp3) is 0.581. The van der Waals surface area contributed by atoms with Crippen LogP contribution in [0.3, 0.4) is 0 Å². The molecular weight excluding hydrogens is 490 g/mol. The lowest BCUT2D eigenvalue weighted by molar-refractivity contribution is 0.0827. The van der Waals surface area contributed by atoms with Crippen LogP contribution >= 0.6 is 0 Å². The number of aliphatic hydroxyl groups excluding tert-OH is 1. The summed E-state index contributed by atoms with van der Waals surface area (Å²) in [5, 5.41) is 17.2. The first-order chi connectivity index (χ1) is 18.9. The number of ether oxygens (including phenoxy) is 1. The van der Waals surface area contributed by atoms with Gasteiger partial charge in [0.25, 0.3) is 0 Å². The lowest BCUT2D eigenvalue weighted by Crippen LogP contribution is -2.44. The highest BCUT2D eigenvalue weighted by Crippen LogP contribution is 2.34. The van der Waals surface area contributed by atoms with Crippen molar-refractivity contribution in [2.75, 3.05) is 33.3 Å². The van der Waals surface area contributed by atoms with Gasteiger partial charge in [-0.3, -0.25) is 0 Å². The second-order valence-corrected chi connectivity index (χ2v) is 11.3. The van der Waals surface area contributed by atoms with Gasteiger partial charge in [-0.05, 0) is 103 Å². The quantitative estimate of drug-likeness (QED) is 0.360. The van der Waals surface area contributed by atoms with Crippen molar-refractivity contribution in [1.82, 2.24) is 25.3 Å². The van der Waals surface area contributed by atoms with Crippen LogP contribution in [0, 0.1) is 26.7 Å². The summed E-state index contributed by atoms with van der Waals surface area (Å²) in [6.45, 7) is 9.21. The highest BCUT2D eigenvalue weighted by molar-refractivity contribution is 5.70. The number of aryl methyl sites for hydroxylation is 3. The van der Waals surface area contributed by atoms with Gasteiger partial charge in [0.2, 0.25) is 0 Å². The van der Waals surface area contributed by atoms with Crippen molar-refractivity contribution in [2.24, 2.45) is 5.92 Å². The fourth-order valence-electron chi connectivity index (χ4n) is 5.91.